The van der Waals surface area contributed by atoms with Crippen molar-refractivity contribution in [3.8, 4) is 0 Å². The van der Waals surface area contributed by atoms with E-state index in [0.29, 0.717) is 5.88 Å². The number of nitrogens with zero attached hydrogens (tertiary/aromatic N) is 3. The van der Waals surface area contributed by atoms with E-state index in [4.69, 9.17) is 11.6 Å². The van der Waals surface area contributed by atoms with Crippen molar-refractivity contribution in [1.82, 2.24) is 9.97 Å². The van der Waals surface area contributed by atoms with Crippen LogP contribution < -0.4 is 4.90 Å². The van der Waals surface area contributed by atoms with E-state index in [2.05, 4.69) is 14.9 Å². The summed E-state index contributed by atoms with van der Waals surface area (Å²) in [5.41, 5.74) is 5.08. The van der Waals surface area contributed by atoms with E-state index >= 15 is 0 Å². The van der Waals surface area contributed by atoms with Crippen molar-refractivity contribution in [3.05, 3.63) is 39.5 Å². The number of pyridine rings is 1. The van der Waals surface area contributed by atoms with Crippen LogP contribution >= 0.6 is 22.9 Å². The molecule has 3 nitrogen and oxygen atoms in total. The molecule has 0 aliphatic carbocycles. The van der Waals surface area contributed by atoms with Crippen LogP contribution in [0.5, 0.6) is 0 Å². The maximum atomic E-state index is 5.89. The fourth-order valence-electron chi connectivity index (χ4n) is 1.77. The highest BCUT2D eigenvalue weighted by Crippen LogP contribution is 2.20. The van der Waals surface area contributed by atoms with Crippen molar-refractivity contribution in [2.45, 2.75) is 26.3 Å². The second-order valence-electron chi connectivity index (χ2n) is 4.33. The predicted molar refractivity (Wildman–Crippen MR) is 77.5 cm³/mol. The molecule has 0 aliphatic heterocycles. The van der Waals surface area contributed by atoms with Gasteiger partial charge in [-0.25, -0.2) is 9.97 Å². The molecule has 0 saturated carbocycles. The molecular weight excluding hydrogens is 266 g/mol. The molecule has 0 unspecified atom stereocenters. The average molecular weight is 282 g/mol. The summed E-state index contributed by atoms with van der Waals surface area (Å²) in [7, 11) is 2.04. The van der Waals surface area contributed by atoms with Crippen LogP contribution in [0, 0.1) is 13.8 Å². The van der Waals surface area contributed by atoms with Crippen molar-refractivity contribution in [2.24, 2.45) is 0 Å². The molecule has 0 aliphatic rings. The lowest BCUT2D eigenvalue weighted by atomic mass is 10.2. The van der Waals surface area contributed by atoms with Gasteiger partial charge in [-0.15, -0.1) is 22.9 Å². The van der Waals surface area contributed by atoms with Gasteiger partial charge in [0.05, 0.1) is 17.7 Å². The lowest BCUT2D eigenvalue weighted by Crippen LogP contribution is -2.18. The molecule has 2 heterocycles. The molecule has 2 aromatic heterocycles. The maximum absolute atomic E-state index is 5.89. The molecule has 0 atom stereocenters. The van der Waals surface area contributed by atoms with Crippen LogP contribution in [0.15, 0.2) is 17.6 Å². The van der Waals surface area contributed by atoms with Gasteiger partial charge in [0.1, 0.15) is 5.82 Å². The Morgan fingerprint density at radius 3 is 2.72 bits per heavy atom. The number of hydrogen-bond acceptors (Lipinski definition) is 4. The van der Waals surface area contributed by atoms with Gasteiger partial charge < -0.3 is 4.90 Å². The zero-order valence-electron chi connectivity index (χ0n) is 10.8. The quantitative estimate of drug-likeness (QED) is 0.803. The largest absolute Gasteiger partial charge is 0.354 e. The molecule has 0 aromatic carbocycles. The Balaban J connectivity index is 2.20. The third-order valence-electron chi connectivity index (χ3n) is 2.77. The monoisotopic (exact) mass is 281 g/mol. The molecule has 5 heteroatoms. The normalized spacial score (nSPS) is 10.7. The highest BCUT2D eigenvalue weighted by Gasteiger charge is 2.09. The van der Waals surface area contributed by atoms with Crippen molar-refractivity contribution < 1.29 is 0 Å². The van der Waals surface area contributed by atoms with E-state index in [-0.39, 0.29) is 0 Å². The van der Waals surface area contributed by atoms with Gasteiger partial charge in [0.2, 0.25) is 0 Å². The van der Waals surface area contributed by atoms with Crippen LogP contribution in [0.3, 0.4) is 0 Å². The number of anilines is 1. The van der Waals surface area contributed by atoms with Gasteiger partial charge in [-0.1, -0.05) is 0 Å². The maximum Gasteiger partial charge on any atom is 0.129 e. The lowest BCUT2D eigenvalue weighted by molar-refractivity contribution is 0.893. The molecular formula is C13H16ClN3S. The number of aromatic nitrogens is 2. The Morgan fingerprint density at radius 2 is 2.11 bits per heavy atom. The van der Waals surface area contributed by atoms with Gasteiger partial charge in [-0.3, -0.25) is 0 Å². The topological polar surface area (TPSA) is 29.0 Å². The van der Waals surface area contributed by atoms with Crippen molar-refractivity contribution in [3.63, 3.8) is 0 Å². The lowest BCUT2D eigenvalue weighted by Gasteiger charge is -2.18. The highest BCUT2D eigenvalue weighted by molar-refractivity contribution is 7.09. The van der Waals surface area contributed by atoms with Crippen LogP contribution in [0.25, 0.3) is 0 Å². The second kappa shape index (κ2) is 5.67. The SMILES string of the molecule is Cc1cc(CCl)cc(N(C)Cc2scnc2C)n1. The van der Waals surface area contributed by atoms with Crippen molar-refractivity contribution >= 4 is 28.8 Å². The number of alkyl halides is 1. The summed E-state index contributed by atoms with van der Waals surface area (Å²) in [6, 6.07) is 4.05. The average Bonchev–Trinajstić information content (AvgIpc) is 2.74. The molecule has 2 aromatic rings. The Morgan fingerprint density at radius 1 is 1.33 bits per heavy atom. The third kappa shape index (κ3) is 3.00. The number of thiazole rings is 1. The van der Waals surface area contributed by atoms with Gasteiger partial charge in [0.15, 0.2) is 0 Å². The molecule has 0 saturated heterocycles. The minimum absolute atomic E-state index is 0.518. The Bertz CT molecular complexity index is 539. The molecule has 2 rings (SSSR count). The molecule has 96 valence electrons. The Hall–Kier alpha value is -1.13. The van der Waals surface area contributed by atoms with Crippen LogP contribution in [0.1, 0.15) is 21.8 Å². The summed E-state index contributed by atoms with van der Waals surface area (Å²) in [5, 5.41) is 0. The molecule has 0 spiro atoms. The van der Waals surface area contributed by atoms with E-state index in [1.807, 2.05) is 38.5 Å². The van der Waals surface area contributed by atoms with Crippen LogP contribution in [0.2, 0.25) is 0 Å². The first-order valence-corrected chi connectivity index (χ1v) is 7.15. The third-order valence-corrected chi connectivity index (χ3v) is 4.00. The first-order valence-electron chi connectivity index (χ1n) is 5.73. The molecule has 0 N–H and O–H groups in total. The van der Waals surface area contributed by atoms with E-state index < -0.39 is 0 Å². The predicted octanol–water partition coefficient (Wildman–Crippen LogP) is 3.53. The zero-order valence-corrected chi connectivity index (χ0v) is 12.3. The van der Waals surface area contributed by atoms with E-state index in [1.165, 1.54) is 4.88 Å². The number of halogens is 1. The van der Waals surface area contributed by atoms with E-state index in [9.17, 15) is 0 Å². The van der Waals surface area contributed by atoms with Crippen LogP contribution in [-0.4, -0.2) is 17.0 Å². The first kappa shape index (κ1) is 13.3. The van der Waals surface area contributed by atoms with Gasteiger partial charge in [0, 0.05) is 23.5 Å². The van der Waals surface area contributed by atoms with Gasteiger partial charge in [0.25, 0.3) is 0 Å². The smallest absolute Gasteiger partial charge is 0.129 e. The van der Waals surface area contributed by atoms with E-state index in [0.717, 1.165) is 29.3 Å². The molecule has 18 heavy (non-hydrogen) atoms. The van der Waals surface area contributed by atoms with Crippen LogP contribution in [0.4, 0.5) is 5.82 Å². The van der Waals surface area contributed by atoms with Gasteiger partial charge in [-0.2, -0.15) is 0 Å². The highest BCUT2D eigenvalue weighted by atomic mass is 35.5. The minimum atomic E-state index is 0.518. The minimum Gasteiger partial charge on any atom is -0.354 e. The Kier molecular flexibility index (Phi) is 4.19. The fourth-order valence-corrected chi connectivity index (χ4v) is 2.75. The summed E-state index contributed by atoms with van der Waals surface area (Å²) in [6.07, 6.45) is 0. The van der Waals surface area contributed by atoms with Gasteiger partial charge in [-0.05, 0) is 31.5 Å². The van der Waals surface area contributed by atoms with E-state index in [1.54, 1.807) is 11.3 Å². The summed E-state index contributed by atoms with van der Waals surface area (Å²) in [6.45, 7) is 4.85. The standard InChI is InChI=1S/C13H16ClN3S/c1-9-4-11(6-14)5-13(16-9)17(3)7-12-10(2)15-8-18-12/h4-5,8H,6-7H2,1-3H3. The zero-order chi connectivity index (χ0) is 13.1. The summed E-state index contributed by atoms with van der Waals surface area (Å²) < 4.78 is 0. The Labute approximate surface area is 116 Å². The molecule has 0 fully saturated rings. The van der Waals surface area contributed by atoms with Crippen LogP contribution in [-0.2, 0) is 12.4 Å². The first-order chi connectivity index (χ1) is 8.60. The fraction of sp³-hybridized carbons (Fsp3) is 0.385. The molecule has 0 bridgehead atoms. The number of rotatable bonds is 4. The van der Waals surface area contributed by atoms with Crippen molar-refractivity contribution in [1.29, 1.82) is 0 Å². The summed E-state index contributed by atoms with van der Waals surface area (Å²) in [5.74, 6) is 1.47. The number of hydrogen-bond donors (Lipinski definition) is 0. The summed E-state index contributed by atoms with van der Waals surface area (Å²) >= 11 is 7.57. The van der Waals surface area contributed by atoms with Crippen molar-refractivity contribution in [2.75, 3.05) is 11.9 Å². The number of aryl methyl sites for hydroxylation is 2. The molecule has 0 radical (unpaired) electrons. The molecule has 0 amide bonds. The second-order valence-corrected chi connectivity index (χ2v) is 5.53. The summed E-state index contributed by atoms with van der Waals surface area (Å²) in [4.78, 5) is 12.2. The van der Waals surface area contributed by atoms with Gasteiger partial charge >= 0.3 is 0 Å².